The highest BCUT2D eigenvalue weighted by Gasteiger charge is 2.34. The van der Waals surface area contributed by atoms with Crippen molar-refractivity contribution in [3.63, 3.8) is 0 Å². The smallest absolute Gasteiger partial charge is 0.289 e. The van der Waals surface area contributed by atoms with Crippen LogP contribution < -0.4 is 10.5 Å². The van der Waals surface area contributed by atoms with Gasteiger partial charge in [0.05, 0.1) is 18.0 Å². The molecule has 2 amide bonds. The van der Waals surface area contributed by atoms with Crippen LogP contribution in [0.1, 0.15) is 15.4 Å². The van der Waals surface area contributed by atoms with Gasteiger partial charge in [0.1, 0.15) is 16.3 Å². The minimum absolute atomic E-state index is 0.00418. The van der Waals surface area contributed by atoms with E-state index in [0.717, 1.165) is 15.9 Å². The van der Waals surface area contributed by atoms with E-state index in [0.29, 0.717) is 54.9 Å². The number of anilines is 1. The molecule has 42 heavy (non-hydrogen) atoms. The van der Waals surface area contributed by atoms with E-state index in [-0.39, 0.29) is 47.5 Å². The van der Waals surface area contributed by atoms with Gasteiger partial charge in [-0.15, -0.1) is 11.3 Å². The maximum Gasteiger partial charge on any atom is 0.289 e. The predicted octanol–water partition coefficient (Wildman–Crippen LogP) is 0.645. The minimum atomic E-state index is -4.02. The van der Waals surface area contributed by atoms with E-state index < -0.39 is 15.6 Å². The molecule has 0 saturated carbocycles. The molecule has 6 rings (SSSR count). The van der Waals surface area contributed by atoms with Gasteiger partial charge >= 0.3 is 0 Å². The number of aromatic nitrogens is 4. The van der Waals surface area contributed by atoms with Crippen LogP contribution in [0.5, 0.6) is 0 Å². The van der Waals surface area contributed by atoms with Gasteiger partial charge in [0.2, 0.25) is 21.9 Å². The largest absolute Gasteiger partial charge is 0.459 e. The monoisotopic (exact) mass is 612 g/mol. The molecule has 2 aliphatic heterocycles. The summed E-state index contributed by atoms with van der Waals surface area (Å²) in [5.74, 6) is 0.215. The number of fused-ring (bicyclic) bond motifs is 1. The second-order valence-corrected chi connectivity index (χ2v) is 13.0. The Balaban J connectivity index is 1.18. The number of furan rings is 1. The number of nitrogens with zero attached hydrogens (tertiary/aromatic N) is 8. The standard InChI is InChI=1S/C26H28N8O6S2/c1-18-22(42(38,39)34-13-11-32(12-14-34)26-27-5-3-6-28-26)21-23(41-18)29-17-33(25(21)37)16-20(35)30-7-9-31(10-8-30)24(36)19-4-2-15-40-19/h2-6,15,17H,7-14,16H2,1H3. The first kappa shape index (κ1) is 28.0. The number of carbonyl (C=O) groups is 2. The zero-order chi connectivity index (χ0) is 29.4. The Morgan fingerprint density at radius 3 is 2.31 bits per heavy atom. The highest BCUT2D eigenvalue weighted by atomic mass is 32.2. The summed E-state index contributed by atoms with van der Waals surface area (Å²) in [7, 11) is -4.02. The summed E-state index contributed by atoms with van der Waals surface area (Å²) in [4.78, 5) is 57.9. The van der Waals surface area contributed by atoms with Crippen LogP contribution in [-0.4, -0.2) is 106 Å². The molecule has 220 valence electrons. The zero-order valence-electron chi connectivity index (χ0n) is 22.7. The molecule has 2 aliphatic rings. The summed E-state index contributed by atoms with van der Waals surface area (Å²) in [5.41, 5.74) is -0.584. The van der Waals surface area contributed by atoms with Crippen molar-refractivity contribution in [1.29, 1.82) is 0 Å². The van der Waals surface area contributed by atoms with Crippen molar-refractivity contribution in [1.82, 2.24) is 33.6 Å². The Bertz CT molecular complexity index is 1770. The second kappa shape index (κ2) is 11.3. The maximum atomic E-state index is 13.8. The third-order valence-corrected chi connectivity index (χ3v) is 10.6. The quantitative estimate of drug-likeness (QED) is 0.303. The van der Waals surface area contributed by atoms with Gasteiger partial charge in [-0.2, -0.15) is 4.31 Å². The Morgan fingerprint density at radius 1 is 0.952 bits per heavy atom. The number of piperazine rings is 2. The number of hydrogen-bond acceptors (Lipinski definition) is 11. The van der Waals surface area contributed by atoms with Crippen LogP contribution in [-0.2, 0) is 21.4 Å². The third kappa shape index (κ3) is 5.16. The Kier molecular flexibility index (Phi) is 7.51. The second-order valence-electron chi connectivity index (χ2n) is 9.94. The first-order valence-corrected chi connectivity index (χ1v) is 15.6. The van der Waals surface area contributed by atoms with Crippen molar-refractivity contribution in [3.8, 4) is 0 Å². The molecule has 2 fully saturated rings. The summed E-state index contributed by atoms with van der Waals surface area (Å²) in [5, 5.41) is -0.00418. The molecular formula is C26H28N8O6S2. The van der Waals surface area contributed by atoms with Gasteiger partial charge in [-0.05, 0) is 25.1 Å². The van der Waals surface area contributed by atoms with E-state index in [4.69, 9.17) is 4.42 Å². The first-order valence-electron chi connectivity index (χ1n) is 13.4. The van der Waals surface area contributed by atoms with Crippen LogP contribution in [0.15, 0.2) is 57.3 Å². The molecule has 6 heterocycles. The highest BCUT2D eigenvalue weighted by Crippen LogP contribution is 2.33. The Labute approximate surface area is 244 Å². The maximum absolute atomic E-state index is 13.8. The summed E-state index contributed by atoms with van der Waals surface area (Å²) in [6, 6.07) is 4.95. The van der Waals surface area contributed by atoms with Crippen molar-refractivity contribution in [2.75, 3.05) is 57.3 Å². The summed E-state index contributed by atoms with van der Waals surface area (Å²) in [6.07, 6.45) is 5.99. The lowest BCUT2D eigenvalue weighted by atomic mass is 10.2. The van der Waals surface area contributed by atoms with Gasteiger partial charge in [-0.25, -0.2) is 23.4 Å². The molecule has 0 radical (unpaired) electrons. The zero-order valence-corrected chi connectivity index (χ0v) is 24.4. The SMILES string of the molecule is Cc1sc2ncn(CC(=O)N3CCN(C(=O)c4ccco4)CC3)c(=O)c2c1S(=O)(=O)N1CCN(c2ncccn2)CC1. The topological polar surface area (TPSA) is 155 Å². The predicted molar refractivity (Wildman–Crippen MR) is 153 cm³/mol. The summed E-state index contributed by atoms with van der Waals surface area (Å²) < 4.78 is 35.3. The Morgan fingerprint density at radius 2 is 1.64 bits per heavy atom. The average molecular weight is 613 g/mol. The third-order valence-electron chi connectivity index (χ3n) is 7.43. The molecule has 2 saturated heterocycles. The van der Waals surface area contributed by atoms with Gasteiger partial charge in [0, 0.05) is 69.6 Å². The van der Waals surface area contributed by atoms with E-state index >= 15 is 0 Å². The number of aryl methyl sites for hydroxylation is 1. The number of amides is 2. The number of carbonyl (C=O) groups excluding carboxylic acids is 2. The molecule has 0 spiro atoms. The van der Waals surface area contributed by atoms with Crippen LogP contribution in [0, 0.1) is 6.92 Å². The molecular weight excluding hydrogens is 584 g/mol. The molecule has 0 unspecified atom stereocenters. The molecule has 14 nitrogen and oxygen atoms in total. The lowest BCUT2D eigenvalue weighted by Crippen LogP contribution is -2.51. The Hall–Kier alpha value is -4.15. The lowest BCUT2D eigenvalue weighted by molar-refractivity contribution is -0.133. The van der Waals surface area contributed by atoms with Crippen LogP contribution in [0.2, 0.25) is 0 Å². The molecule has 16 heteroatoms. The number of rotatable bonds is 6. The molecule has 0 N–H and O–H groups in total. The molecule has 0 atom stereocenters. The molecule has 4 aromatic heterocycles. The highest BCUT2D eigenvalue weighted by molar-refractivity contribution is 7.89. The number of sulfonamides is 1. The van der Waals surface area contributed by atoms with Crippen LogP contribution in [0.4, 0.5) is 5.95 Å². The van der Waals surface area contributed by atoms with E-state index in [1.165, 1.54) is 16.9 Å². The number of thiophene rings is 1. The van der Waals surface area contributed by atoms with E-state index in [1.54, 1.807) is 47.3 Å². The lowest BCUT2D eigenvalue weighted by Gasteiger charge is -2.34. The van der Waals surface area contributed by atoms with Crippen molar-refractivity contribution >= 4 is 49.3 Å². The van der Waals surface area contributed by atoms with Crippen LogP contribution in [0.25, 0.3) is 10.2 Å². The minimum Gasteiger partial charge on any atom is -0.459 e. The normalized spacial score (nSPS) is 16.7. The average Bonchev–Trinajstić information content (AvgIpc) is 3.67. The van der Waals surface area contributed by atoms with Crippen molar-refractivity contribution in [2.45, 2.75) is 18.4 Å². The van der Waals surface area contributed by atoms with E-state index in [2.05, 4.69) is 15.0 Å². The van der Waals surface area contributed by atoms with Gasteiger partial charge in [-0.1, -0.05) is 0 Å². The van der Waals surface area contributed by atoms with Gasteiger partial charge in [-0.3, -0.25) is 19.0 Å². The molecule has 4 aromatic rings. The van der Waals surface area contributed by atoms with Crippen molar-refractivity contribution in [2.24, 2.45) is 0 Å². The number of hydrogen-bond donors (Lipinski definition) is 0. The van der Waals surface area contributed by atoms with Gasteiger partial charge in [0.15, 0.2) is 5.76 Å². The van der Waals surface area contributed by atoms with Crippen molar-refractivity contribution < 1.29 is 22.4 Å². The fraction of sp³-hybridized carbons (Fsp3) is 0.385. The van der Waals surface area contributed by atoms with Gasteiger partial charge in [0.25, 0.3) is 11.5 Å². The molecule has 0 aromatic carbocycles. The van der Waals surface area contributed by atoms with Crippen LogP contribution >= 0.6 is 11.3 Å². The fourth-order valence-electron chi connectivity index (χ4n) is 5.21. The summed E-state index contributed by atoms with van der Waals surface area (Å²) in [6.45, 7) is 3.84. The summed E-state index contributed by atoms with van der Waals surface area (Å²) >= 11 is 1.14. The molecule has 0 bridgehead atoms. The van der Waals surface area contributed by atoms with Crippen LogP contribution in [0.3, 0.4) is 0 Å². The van der Waals surface area contributed by atoms with Crippen molar-refractivity contribution in [3.05, 3.63) is 64.2 Å². The van der Waals surface area contributed by atoms with E-state index in [9.17, 15) is 22.8 Å². The first-order chi connectivity index (χ1) is 20.2. The fourth-order valence-corrected chi connectivity index (χ4v) is 8.30. The molecule has 0 aliphatic carbocycles. The van der Waals surface area contributed by atoms with E-state index in [1.807, 2.05) is 4.90 Å². The van der Waals surface area contributed by atoms with Gasteiger partial charge < -0.3 is 19.1 Å².